The third kappa shape index (κ3) is 4.10. The molecule has 2 unspecified atom stereocenters. The van der Waals surface area contributed by atoms with Crippen LogP contribution in [0.4, 0.5) is 4.79 Å². The van der Waals surface area contributed by atoms with Crippen LogP contribution in [0, 0.1) is 0 Å². The number of carbonyl (C=O) groups is 3. The fraction of sp³-hybridized carbons (Fsp3) is 0.700. The van der Waals surface area contributed by atoms with E-state index < -0.39 is 30.4 Å². The lowest BCUT2D eigenvalue weighted by molar-refractivity contribution is -0.140. The van der Waals surface area contributed by atoms with Crippen LogP contribution in [0.2, 0.25) is 0 Å². The number of thioether (sulfide) groups is 1. The van der Waals surface area contributed by atoms with E-state index in [1.165, 1.54) is 4.90 Å². The largest absolute Gasteiger partial charge is 0.480 e. The maximum atomic E-state index is 11.8. The minimum Gasteiger partial charge on any atom is -0.480 e. The maximum absolute atomic E-state index is 11.8. The van der Waals surface area contributed by atoms with Crippen LogP contribution in [0.25, 0.3) is 0 Å². The zero-order valence-electron chi connectivity index (χ0n) is 10.1. The van der Waals surface area contributed by atoms with Crippen molar-refractivity contribution in [1.29, 1.82) is 0 Å². The van der Waals surface area contributed by atoms with Gasteiger partial charge in [-0.1, -0.05) is 0 Å². The molecular weight excluding hydrogens is 258 g/mol. The van der Waals surface area contributed by atoms with E-state index in [4.69, 9.17) is 10.8 Å². The highest BCUT2D eigenvalue weighted by atomic mass is 32.2. The van der Waals surface area contributed by atoms with Gasteiger partial charge < -0.3 is 21.1 Å². The summed E-state index contributed by atoms with van der Waals surface area (Å²) < 4.78 is 0. The molecule has 4 N–H and O–H groups in total. The Hall–Kier alpha value is -1.44. The van der Waals surface area contributed by atoms with Crippen LogP contribution in [0.5, 0.6) is 0 Å². The number of carbonyl (C=O) groups excluding carboxylic acids is 2. The molecule has 18 heavy (non-hydrogen) atoms. The fourth-order valence-electron chi connectivity index (χ4n) is 1.65. The summed E-state index contributed by atoms with van der Waals surface area (Å²) >= 11 is 1.75. The Morgan fingerprint density at radius 3 is 2.67 bits per heavy atom. The van der Waals surface area contributed by atoms with E-state index in [2.05, 4.69) is 5.32 Å². The Morgan fingerprint density at radius 2 is 2.22 bits per heavy atom. The first-order valence-corrected chi connectivity index (χ1v) is 6.69. The number of nitrogens with one attached hydrogen (secondary N) is 1. The zero-order chi connectivity index (χ0) is 13.7. The first kappa shape index (κ1) is 14.6. The average Bonchev–Trinajstić information content (AvgIpc) is 2.79. The topological polar surface area (TPSA) is 113 Å². The summed E-state index contributed by atoms with van der Waals surface area (Å²) in [5.74, 6) is -0.193. The lowest BCUT2D eigenvalue weighted by Crippen LogP contribution is -2.50. The normalized spacial score (nSPS) is 20.2. The summed E-state index contributed by atoms with van der Waals surface area (Å²) in [4.78, 5) is 34.9. The summed E-state index contributed by atoms with van der Waals surface area (Å²) in [6.45, 7) is 0. The molecule has 0 aliphatic carbocycles. The number of primary amides is 1. The summed E-state index contributed by atoms with van der Waals surface area (Å²) in [7, 11) is 1.62. The summed E-state index contributed by atoms with van der Waals surface area (Å²) in [5, 5.41) is 11.2. The van der Waals surface area contributed by atoms with E-state index in [0.29, 0.717) is 0 Å². The van der Waals surface area contributed by atoms with E-state index in [0.717, 1.165) is 17.9 Å². The number of rotatable bonds is 5. The first-order chi connectivity index (χ1) is 8.41. The van der Waals surface area contributed by atoms with Crippen LogP contribution in [-0.4, -0.2) is 58.6 Å². The van der Waals surface area contributed by atoms with Crippen molar-refractivity contribution in [2.24, 2.45) is 5.73 Å². The van der Waals surface area contributed by atoms with Gasteiger partial charge in [-0.3, -0.25) is 4.79 Å². The van der Waals surface area contributed by atoms with Crippen molar-refractivity contribution in [3.63, 3.8) is 0 Å². The predicted octanol–water partition coefficient (Wildman–Crippen LogP) is -0.538. The number of hydrogen-bond acceptors (Lipinski definition) is 4. The Balaban J connectivity index is 2.54. The van der Waals surface area contributed by atoms with E-state index in [-0.39, 0.29) is 6.04 Å². The molecule has 8 heteroatoms. The molecule has 2 atom stereocenters. The van der Waals surface area contributed by atoms with Crippen molar-refractivity contribution in [1.82, 2.24) is 10.2 Å². The van der Waals surface area contributed by atoms with Gasteiger partial charge in [0.25, 0.3) is 0 Å². The second-order valence-corrected chi connectivity index (χ2v) is 5.29. The van der Waals surface area contributed by atoms with Crippen molar-refractivity contribution in [3.8, 4) is 0 Å². The minimum atomic E-state index is -1.27. The Kier molecular flexibility index (Phi) is 5.26. The van der Waals surface area contributed by atoms with Crippen LogP contribution >= 0.6 is 11.8 Å². The van der Waals surface area contributed by atoms with E-state index in [9.17, 15) is 14.4 Å². The molecule has 0 aromatic carbocycles. The van der Waals surface area contributed by atoms with Gasteiger partial charge in [-0.05, 0) is 12.2 Å². The molecule has 1 aliphatic heterocycles. The Bertz CT molecular complexity index is 344. The monoisotopic (exact) mass is 275 g/mol. The molecular formula is C10H17N3O4S. The minimum absolute atomic E-state index is 0.109. The van der Waals surface area contributed by atoms with E-state index in [1.54, 1.807) is 18.8 Å². The number of hydrogen-bond donors (Lipinski definition) is 3. The molecule has 3 amide bonds. The van der Waals surface area contributed by atoms with Gasteiger partial charge >= 0.3 is 12.0 Å². The number of urea groups is 1. The smallest absolute Gasteiger partial charge is 0.326 e. The fourth-order valence-corrected chi connectivity index (χ4v) is 2.91. The van der Waals surface area contributed by atoms with Crippen LogP contribution in [0.15, 0.2) is 0 Å². The van der Waals surface area contributed by atoms with Gasteiger partial charge in [0, 0.05) is 18.8 Å². The highest BCUT2D eigenvalue weighted by Gasteiger charge is 2.28. The zero-order valence-corrected chi connectivity index (χ0v) is 10.9. The molecule has 1 heterocycles. The Morgan fingerprint density at radius 1 is 1.56 bits per heavy atom. The van der Waals surface area contributed by atoms with Crippen LogP contribution < -0.4 is 11.1 Å². The van der Waals surface area contributed by atoms with Crippen molar-refractivity contribution in [3.05, 3.63) is 0 Å². The third-order valence-electron chi connectivity index (χ3n) is 2.77. The second-order valence-electron chi connectivity index (χ2n) is 4.14. The standard InChI is InChI=1S/C10H17N3O4S/c1-13(6-2-3-18-5-6)10(17)12-7(9(15)16)4-8(11)14/h6-7H,2-5H2,1H3,(H2,11,14)(H,12,17)(H,15,16). The van der Waals surface area contributed by atoms with Crippen LogP contribution in [-0.2, 0) is 9.59 Å². The number of aliphatic carboxylic acids is 1. The third-order valence-corrected chi connectivity index (χ3v) is 3.92. The summed E-state index contributed by atoms with van der Waals surface area (Å²) in [6.07, 6.45) is 0.483. The summed E-state index contributed by atoms with van der Waals surface area (Å²) in [6, 6.07) is -1.65. The molecule has 7 nitrogen and oxygen atoms in total. The molecule has 102 valence electrons. The Labute approximate surface area is 109 Å². The number of nitrogens with zero attached hydrogens (tertiary/aromatic N) is 1. The van der Waals surface area contributed by atoms with Gasteiger partial charge in [0.1, 0.15) is 6.04 Å². The quantitative estimate of drug-likeness (QED) is 0.624. The molecule has 0 spiro atoms. The van der Waals surface area contributed by atoms with Crippen molar-refractivity contribution < 1.29 is 19.5 Å². The number of nitrogens with two attached hydrogens (primary N) is 1. The van der Waals surface area contributed by atoms with Gasteiger partial charge in [-0.15, -0.1) is 0 Å². The van der Waals surface area contributed by atoms with Gasteiger partial charge in [0.2, 0.25) is 5.91 Å². The molecule has 1 fully saturated rings. The van der Waals surface area contributed by atoms with Crippen molar-refractivity contribution >= 4 is 29.7 Å². The first-order valence-electron chi connectivity index (χ1n) is 5.54. The predicted molar refractivity (Wildman–Crippen MR) is 67.3 cm³/mol. The second kappa shape index (κ2) is 6.48. The van der Waals surface area contributed by atoms with Gasteiger partial charge in [-0.25, -0.2) is 9.59 Å². The number of carboxylic acid groups (broad SMARTS) is 1. The molecule has 0 aromatic rings. The van der Waals surface area contributed by atoms with Crippen LogP contribution in [0.3, 0.4) is 0 Å². The molecule has 0 saturated carbocycles. The molecule has 0 aromatic heterocycles. The maximum Gasteiger partial charge on any atom is 0.326 e. The van der Waals surface area contributed by atoms with Gasteiger partial charge in [-0.2, -0.15) is 11.8 Å². The lowest BCUT2D eigenvalue weighted by Gasteiger charge is -2.25. The van der Waals surface area contributed by atoms with Crippen LogP contribution in [0.1, 0.15) is 12.8 Å². The SMILES string of the molecule is CN(C(=O)NC(CC(N)=O)C(=O)O)C1CCSC1. The van der Waals surface area contributed by atoms with Crippen molar-refractivity contribution in [2.75, 3.05) is 18.6 Å². The highest BCUT2D eigenvalue weighted by Crippen LogP contribution is 2.21. The van der Waals surface area contributed by atoms with E-state index in [1.807, 2.05) is 0 Å². The summed E-state index contributed by atoms with van der Waals surface area (Å²) in [5.41, 5.74) is 4.93. The van der Waals surface area contributed by atoms with Crippen molar-refractivity contribution in [2.45, 2.75) is 24.9 Å². The molecule has 1 saturated heterocycles. The van der Waals surface area contributed by atoms with E-state index >= 15 is 0 Å². The lowest BCUT2D eigenvalue weighted by atomic mass is 10.2. The van der Waals surface area contributed by atoms with Gasteiger partial charge in [0.05, 0.1) is 6.42 Å². The molecule has 1 rings (SSSR count). The number of amides is 3. The molecule has 0 radical (unpaired) electrons. The molecule has 1 aliphatic rings. The number of carboxylic acids is 1. The van der Waals surface area contributed by atoms with Gasteiger partial charge in [0.15, 0.2) is 0 Å². The highest BCUT2D eigenvalue weighted by molar-refractivity contribution is 7.99. The average molecular weight is 275 g/mol. The molecule has 0 bridgehead atoms.